The first-order chi connectivity index (χ1) is 8.66. The number of aliphatic carboxylic acids is 1. The Bertz CT molecular complexity index is 282. The van der Waals surface area contributed by atoms with Gasteiger partial charge in [-0.25, -0.2) is 0 Å². The summed E-state index contributed by atoms with van der Waals surface area (Å²) in [7, 11) is 0. The lowest BCUT2D eigenvalue weighted by atomic mass is 9.82. The van der Waals surface area contributed by atoms with Gasteiger partial charge in [-0.3, -0.25) is 9.69 Å². The standard InChI is InChI=1S/C13H24N2O3/c1-2-14-5-3-13(4-6-14,11-12(16)17)15-7-9-18-10-8-15/h2-11H2,1H3,(H,16,17). The Hall–Kier alpha value is -0.650. The van der Waals surface area contributed by atoms with Gasteiger partial charge in [-0.05, 0) is 32.5 Å². The van der Waals surface area contributed by atoms with Gasteiger partial charge in [0.05, 0.1) is 19.6 Å². The smallest absolute Gasteiger partial charge is 0.305 e. The van der Waals surface area contributed by atoms with Crippen LogP contribution < -0.4 is 0 Å². The van der Waals surface area contributed by atoms with E-state index in [2.05, 4.69) is 16.7 Å². The Balaban J connectivity index is 2.05. The highest BCUT2D eigenvalue weighted by Gasteiger charge is 2.41. The lowest BCUT2D eigenvalue weighted by Gasteiger charge is -2.49. The zero-order valence-corrected chi connectivity index (χ0v) is 11.2. The van der Waals surface area contributed by atoms with Crippen LogP contribution in [0.4, 0.5) is 0 Å². The first-order valence-electron chi connectivity index (χ1n) is 6.93. The molecule has 104 valence electrons. The van der Waals surface area contributed by atoms with Crippen LogP contribution in [0.1, 0.15) is 26.2 Å². The zero-order valence-electron chi connectivity index (χ0n) is 11.2. The van der Waals surface area contributed by atoms with Crippen molar-refractivity contribution in [2.75, 3.05) is 45.9 Å². The second-order valence-corrected chi connectivity index (χ2v) is 5.33. The van der Waals surface area contributed by atoms with E-state index in [1.54, 1.807) is 0 Å². The molecule has 0 aromatic carbocycles. The number of hydrogen-bond donors (Lipinski definition) is 1. The minimum Gasteiger partial charge on any atom is -0.481 e. The number of rotatable bonds is 4. The van der Waals surface area contributed by atoms with E-state index in [1.165, 1.54) is 0 Å². The van der Waals surface area contributed by atoms with Crippen molar-refractivity contribution in [3.8, 4) is 0 Å². The van der Waals surface area contributed by atoms with E-state index in [1.807, 2.05) is 0 Å². The first kappa shape index (κ1) is 13.8. The fourth-order valence-corrected chi connectivity index (χ4v) is 3.21. The second-order valence-electron chi connectivity index (χ2n) is 5.33. The van der Waals surface area contributed by atoms with Crippen molar-refractivity contribution >= 4 is 5.97 Å². The molecule has 0 amide bonds. The molecule has 2 saturated heterocycles. The van der Waals surface area contributed by atoms with Gasteiger partial charge in [0.25, 0.3) is 0 Å². The van der Waals surface area contributed by atoms with Crippen molar-refractivity contribution in [2.45, 2.75) is 31.7 Å². The molecule has 0 spiro atoms. The Morgan fingerprint density at radius 1 is 1.22 bits per heavy atom. The summed E-state index contributed by atoms with van der Waals surface area (Å²) in [4.78, 5) is 16.0. The highest BCUT2D eigenvalue weighted by Crippen LogP contribution is 2.33. The van der Waals surface area contributed by atoms with Crippen LogP contribution in [0.5, 0.6) is 0 Å². The monoisotopic (exact) mass is 256 g/mol. The van der Waals surface area contributed by atoms with E-state index >= 15 is 0 Å². The second kappa shape index (κ2) is 5.99. The molecule has 0 aromatic heterocycles. The highest BCUT2D eigenvalue weighted by molar-refractivity contribution is 5.68. The SMILES string of the molecule is CCN1CCC(CC(=O)O)(N2CCOCC2)CC1. The molecule has 0 atom stereocenters. The van der Waals surface area contributed by atoms with Gasteiger partial charge < -0.3 is 14.7 Å². The van der Waals surface area contributed by atoms with Crippen LogP contribution in [0, 0.1) is 0 Å². The molecule has 0 aromatic rings. The minimum atomic E-state index is -0.675. The third-order valence-electron chi connectivity index (χ3n) is 4.40. The van der Waals surface area contributed by atoms with Gasteiger partial charge >= 0.3 is 5.97 Å². The van der Waals surface area contributed by atoms with Crippen LogP contribution in [0.3, 0.4) is 0 Å². The van der Waals surface area contributed by atoms with E-state index in [0.717, 1.165) is 58.8 Å². The third-order valence-corrected chi connectivity index (χ3v) is 4.40. The number of carboxylic acid groups (broad SMARTS) is 1. The highest BCUT2D eigenvalue weighted by atomic mass is 16.5. The summed E-state index contributed by atoms with van der Waals surface area (Å²) in [6, 6.07) is 0. The summed E-state index contributed by atoms with van der Waals surface area (Å²) in [6.07, 6.45) is 2.20. The molecule has 0 bridgehead atoms. The maximum Gasteiger partial charge on any atom is 0.305 e. The van der Waals surface area contributed by atoms with E-state index < -0.39 is 5.97 Å². The van der Waals surface area contributed by atoms with Crippen LogP contribution >= 0.6 is 0 Å². The van der Waals surface area contributed by atoms with Gasteiger partial charge in [-0.1, -0.05) is 6.92 Å². The van der Waals surface area contributed by atoms with E-state index in [9.17, 15) is 9.90 Å². The van der Waals surface area contributed by atoms with Crippen LogP contribution in [0.15, 0.2) is 0 Å². The first-order valence-corrected chi connectivity index (χ1v) is 6.93. The molecule has 0 unspecified atom stereocenters. The Labute approximate surface area is 109 Å². The summed E-state index contributed by atoms with van der Waals surface area (Å²) < 4.78 is 5.38. The number of ether oxygens (including phenoxy) is 1. The lowest BCUT2D eigenvalue weighted by Crippen LogP contribution is -2.59. The van der Waals surface area contributed by atoms with Crippen molar-refractivity contribution in [1.82, 2.24) is 9.80 Å². The molecule has 0 saturated carbocycles. The number of piperidine rings is 1. The number of morpholine rings is 1. The molecule has 2 aliphatic heterocycles. The maximum absolute atomic E-state index is 11.2. The van der Waals surface area contributed by atoms with Crippen molar-refractivity contribution in [3.63, 3.8) is 0 Å². The fraction of sp³-hybridized carbons (Fsp3) is 0.923. The van der Waals surface area contributed by atoms with Crippen LogP contribution in [-0.4, -0.2) is 72.4 Å². The van der Waals surface area contributed by atoms with Gasteiger partial charge in [0.2, 0.25) is 0 Å². The molecule has 2 rings (SSSR count). The number of hydrogen-bond acceptors (Lipinski definition) is 4. The predicted molar refractivity (Wildman–Crippen MR) is 68.7 cm³/mol. The normalized spacial score (nSPS) is 26.1. The minimum absolute atomic E-state index is 0.138. The molecular weight excluding hydrogens is 232 g/mol. The summed E-state index contributed by atoms with van der Waals surface area (Å²) in [5, 5.41) is 9.21. The van der Waals surface area contributed by atoms with E-state index in [-0.39, 0.29) is 12.0 Å². The summed E-state index contributed by atoms with van der Waals surface area (Å²) >= 11 is 0. The molecule has 0 aliphatic carbocycles. The largest absolute Gasteiger partial charge is 0.481 e. The summed E-state index contributed by atoms with van der Waals surface area (Å²) in [6.45, 7) is 8.48. The Kier molecular flexibility index (Phi) is 4.59. The van der Waals surface area contributed by atoms with E-state index in [4.69, 9.17) is 4.74 Å². The van der Waals surface area contributed by atoms with Gasteiger partial charge in [-0.15, -0.1) is 0 Å². The molecule has 5 nitrogen and oxygen atoms in total. The van der Waals surface area contributed by atoms with Gasteiger partial charge in [0, 0.05) is 18.6 Å². The molecule has 5 heteroatoms. The fourth-order valence-electron chi connectivity index (χ4n) is 3.21. The molecule has 2 fully saturated rings. The molecular formula is C13H24N2O3. The third kappa shape index (κ3) is 3.02. The van der Waals surface area contributed by atoms with Crippen molar-refractivity contribution in [1.29, 1.82) is 0 Å². The zero-order chi connectivity index (χ0) is 13.0. The van der Waals surface area contributed by atoms with Crippen LogP contribution in [0.25, 0.3) is 0 Å². The van der Waals surface area contributed by atoms with Crippen molar-refractivity contribution < 1.29 is 14.6 Å². The van der Waals surface area contributed by atoms with E-state index in [0.29, 0.717) is 0 Å². The van der Waals surface area contributed by atoms with Gasteiger partial charge in [-0.2, -0.15) is 0 Å². The molecule has 2 heterocycles. The molecule has 2 aliphatic rings. The molecule has 18 heavy (non-hydrogen) atoms. The topological polar surface area (TPSA) is 53.0 Å². The molecule has 0 radical (unpaired) electrons. The number of nitrogens with zero attached hydrogens (tertiary/aromatic N) is 2. The Morgan fingerprint density at radius 3 is 2.33 bits per heavy atom. The maximum atomic E-state index is 11.2. The number of carboxylic acids is 1. The number of carbonyl (C=O) groups is 1. The van der Waals surface area contributed by atoms with Crippen molar-refractivity contribution in [3.05, 3.63) is 0 Å². The Morgan fingerprint density at radius 2 is 1.83 bits per heavy atom. The number of likely N-dealkylation sites (tertiary alicyclic amines) is 1. The summed E-state index contributed by atoms with van der Waals surface area (Å²) in [5.41, 5.74) is -0.138. The quantitative estimate of drug-likeness (QED) is 0.800. The summed E-state index contributed by atoms with van der Waals surface area (Å²) in [5.74, 6) is -0.675. The van der Waals surface area contributed by atoms with Crippen LogP contribution in [0.2, 0.25) is 0 Å². The van der Waals surface area contributed by atoms with Gasteiger partial charge in [0.15, 0.2) is 0 Å². The van der Waals surface area contributed by atoms with Crippen molar-refractivity contribution in [2.24, 2.45) is 0 Å². The van der Waals surface area contributed by atoms with Gasteiger partial charge in [0.1, 0.15) is 0 Å². The average molecular weight is 256 g/mol. The average Bonchev–Trinajstić information content (AvgIpc) is 2.40. The predicted octanol–water partition coefficient (Wildman–Crippen LogP) is 0.648. The molecule has 1 N–H and O–H groups in total. The van der Waals surface area contributed by atoms with Crippen LogP contribution in [-0.2, 0) is 9.53 Å². The lowest BCUT2D eigenvalue weighted by molar-refractivity contribution is -0.143.